The molecule has 0 bridgehead atoms. The molecule has 0 radical (unpaired) electrons. The maximum absolute atomic E-state index is 13.4. The Hall–Kier alpha value is -2.88. The number of allylic oxidation sites excluding steroid dienone is 2. The highest BCUT2D eigenvalue weighted by Crippen LogP contribution is 2.46. The number of rotatable bonds is 5. The number of anilines is 1. The van der Waals surface area contributed by atoms with Crippen LogP contribution in [0.2, 0.25) is 0 Å². The van der Waals surface area contributed by atoms with Crippen molar-refractivity contribution in [3.05, 3.63) is 70.9 Å². The number of ether oxygens (including phenoxy) is 1. The number of ketones is 1. The number of nitrogens with zero attached hydrogens (tertiary/aromatic N) is 1. The van der Waals surface area contributed by atoms with Gasteiger partial charge in [0, 0.05) is 35.6 Å². The molecule has 1 atom stereocenters. The molecule has 2 aliphatic rings. The van der Waals surface area contributed by atoms with Crippen molar-refractivity contribution >= 4 is 17.4 Å². The van der Waals surface area contributed by atoms with Crippen LogP contribution in [0.3, 0.4) is 0 Å². The highest BCUT2D eigenvalue weighted by Gasteiger charge is 2.40. The van der Waals surface area contributed by atoms with Gasteiger partial charge in [0.15, 0.2) is 5.78 Å². The van der Waals surface area contributed by atoms with Crippen LogP contribution in [0.4, 0.5) is 5.69 Å². The molecule has 29 heavy (non-hydrogen) atoms. The van der Waals surface area contributed by atoms with Gasteiger partial charge in [0.2, 0.25) is 5.91 Å². The van der Waals surface area contributed by atoms with Gasteiger partial charge >= 0.3 is 0 Å². The highest BCUT2D eigenvalue weighted by molar-refractivity contribution is 6.07. The van der Waals surface area contributed by atoms with Crippen molar-refractivity contribution in [1.29, 1.82) is 0 Å². The van der Waals surface area contributed by atoms with E-state index in [1.165, 1.54) is 0 Å². The molecular formula is C25H27NO3. The maximum Gasteiger partial charge on any atom is 0.232 e. The number of hydrogen-bond acceptors (Lipinski definition) is 3. The van der Waals surface area contributed by atoms with E-state index in [4.69, 9.17) is 4.74 Å². The van der Waals surface area contributed by atoms with E-state index < -0.39 is 0 Å². The number of carbonyl (C=O) groups is 2. The second-order valence-corrected chi connectivity index (χ2v) is 7.58. The van der Waals surface area contributed by atoms with E-state index in [1.54, 1.807) is 0 Å². The van der Waals surface area contributed by atoms with Crippen LogP contribution in [-0.4, -0.2) is 18.3 Å². The zero-order chi connectivity index (χ0) is 20.4. The Bertz CT molecular complexity index is 976. The Morgan fingerprint density at radius 2 is 1.76 bits per heavy atom. The number of benzene rings is 2. The standard InChI is InChI=1S/C25H27NO3/c1-3-17-10-5-7-12-20(17)26-21-13-9-14-22(27)25(21)19(16-24(26)28)18-11-6-8-15-23(18)29-4-2/h5-8,10-12,15,19H,3-4,9,13-14,16H2,1-2H3. The predicted octanol–water partition coefficient (Wildman–Crippen LogP) is 5.18. The second-order valence-electron chi connectivity index (χ2n) is 7.58. The third kappa shape index (κ3) is 3.48. The van der Waals surface area contributed by atoms with Gasteiger partial charge in [0.25, 0.3) is 0 Å². The first kappa shape index (κ1) is 19.4. The first-order valence-electron chi connectivity index (χ1n) is 10.5. The molecule has 2 aromatic carbocycles. The van der Waals surface area contributed by atoms with Gasteiger partial charge in [-0.05, 0) is 43.9 Å². The van der Waals surface area contributed by atoms with Gasteiger partial charge in [0.05, 0.1) is 12.3 Å². The Kier molecular flexibility index (Phi) is 5.52. The number of hydrogen-bond donors (Lipinski definition) is 0. The molecule has 4 nitrogen and oxygen atoms in total. The fraction of sp³-hybridized carbons (Fsp3) is 0.360. The largest absolute Gasteiger partial charge is 0.494 e. The molecule has 2 aromatic rings. The molecule has 1 aliphatic carbocycles. The van der Waals surface area contributed by atoms with Crippen LogP contribution in [0, 0.1) is 0 Å². The monoisotopic (exact) mass is 389 g/mol. The molecule has 4 rings (SSSR count). The molecule has 0 saturated carbocycles. The third-order valence-corrected chi connectivity index (χ3v) is 5.88. The summed E-state index contributed by atoms with van der Waals surface area (Å²) >= 11 is 0. The van der Waals surface area contributed by atoms with Crippen molar-refractivity contribution in [2.45, 2.75) is 51.9 Å². The van der Waals surface area contributed by atoms with Crippen LogP contribution >= 0.6 is 0 Å². The molecule has 0 saturated heterocycles. The molecule has 0 aromatic heterocycles. The lowest BCUT2D eigenvalue weighted by atomic mass is 9.76. The fourth-order valence-corrected chi connectivity index (χ4v) is 4.62. The Morgan fingerprint density at radius 1 is 1.00 bits per heavy atom. The lowest BCUT2D eigenvalue weighted by Gasteiger charge is -2.39. The van der Waals surface area contributed by atoms with E-state index in [0.717, 1.165) is 53.1 Å². The van der Waals surface area contributed by atoms with Gasteiger partial charge < -0.3 is 4.74 Å². The molecular weight excluding hydrogens is 362 g/mol. The minimum atomic E-state index is -0.238. The van der Waals surface area contributed by atoms with Gasteiger partial charge in [-0.25, -0.2) is 0 Å². The van der Waals surface area contributed by atoms with Crippen molar-refractivity contribution in [1.82, 2.24) is 0 Å². The summed E-state index contributed by atoms with van der Waals surface area (Å²) in [5.41, 5.74) is 4.66. The van der Waals surface area contributed by atoms with Crippen molar-refractivity contribution in [3.63, 3.8) is 0 Å². The number of aryl methyl sites for hydroxylation is 1. The van der Waals surface area contributed by atoms with Gasteiger partial charge in [-0.1, -0.05) is 43.3 Å². The third-order valence-electron chi connectivity index (χ3n) is 5.88. The zero-order valence-electron chi connectivity index (χ0n) is 17.1. The number of amides is 1. The van der Waals surface area contributed by atoms with Crippen LogP contribution < -0.4 is 9.64 Å². The van der Waals surface area contributed by atoms with E-state index in [2.05, 4.69) is 13.0 Å². The van der Waals surface area contributed by atoms with Gasteiger partial charge in [0.1, 0.15) is 5.75 Å². The van der Waals surface area contributed by atoms with E-state index in [-0.39, 0.29) is 24.0 Å². The number of para-hydroxylation sites is 2. The predicted molar refractivity (Wildman–Crippen MR) is 114 cm³/mol. The molecule has 0 spiro atoms. The molecule has 0 N–H and O–H groups in total. The molecule has 1 unspecified atom stereocenters. The summed E-state index contributed by atoms with van der Waals surface area (Å²) in [6.45, 7) is 4.59. The van der Waals surface area contributed by atoms with Crippen LogP contribution in [0.15, 0.2) is 59.8 Å². The lowest BCUT2D eigenvalue weighted by Crippen LogP contribution is -2.41. The van der Waals surface area contributed by atoms with Crippen LogP contribution in [0.25, 0.3) is 0 Å². The summed E-state index contributed by atoms with van der Waals surface area (Å²) in [6, 6.07) is 15.8. The van der Waals surface area contributed by atoms with E-state index in [1.807, 2.05) is 54.3 Å². The second kappa shape index (κ2) is 8.24. The first-order chi connectivity index (χ1) is 14.2. The summed E-state index contributed by atoms with van der Waals surface area (Å²) in [7, 11) is 0. The molecule has 1 amide bonds. The average molecular weight is 389 g/mol. The van der Waals surface area contributed by atoms with Crippen LogP contribution in [0.1, 0.15) is 56.6 Å². The van der Waals surface area contributed by atoms with Gasteiger partial charge in [-0.15, -0.1) is 0 Å². The van der Waals surface area contributed by atoms with Gasteiger partial charge in [-0.2, -0.15) is 0 Å². The molecule has 4 heteroatoms. The lowest BCUT2D eigenvalue weighted by molar-refractivity contribution is -0.119. The van der Waals surface area contributed by atoms with Gasteiger partial charge in [-0.3, -0.25) is 14.5 Å². The van der Waals surface area contributed by atoms with Crippen molar-refractivity contribution < 1.29 is 14.3 Å². The Balaban J connectivity index is 1.88. The van der Waals surface area contributed by atoms with Crippen molar-refractivity contribution in [3.8, 4) is 5.75 Å². The zero-order valence-corrected chi connectivity index (χ0v) is 17.1. The molecule has 150 valence electrons. The Labute approximate surface area is 172 Å². The minimum Gasteiger partial charge on any atom is -0.494 e. The van der Waals surface area contributed by atoms with E-state index in [0.29, 0.717) is 13.0 Å². The maximum atomic E-state index is 13.4. The fourth-order valence-electron chi connectivity index (χ4n) is 4.62. The van der Waals surface area contributed by atoms with Crippen LogP contribution in [0.5, 0.6) is 5.75 Å². The van der Waals surface area contributed by atoms with E-state index >= 15 is 0 Å². The SMILES string of the molecule is CCOc1ccccc1C1CC(=O)N(c2ccccc2CC)C2=C1C(=O)CCC2. The van der Waals surface area contributed by atoms with Crippen molar-refractivity contribution in [2.24, 2.45) is 0 Å². The molecule has 0 fully saturated rings. The normalized spacial score (nSPS) is 19.4. The van der Waals surface area contributed by atoms with E-state index in [9.17, 15) is 9.59 Å². The topological polar surface area (TPSA) is 46.6 Å². The number of Topliss-reactive ketones (excluding diaryl/α,β-unsaturated/α-hetero) is 1. The van der Waals surface area contributed by atoms with Crippen LogP contribution in [-0.2, 0) is 16.0 Å². The minimum absolute atomic E-state index is 0.0515. The summed E-state index contributed by atoms with van der Waals surface area (Å²) in [5, 5.41) is 0. The number of carbonyl (C=O) groups excluding carboxylic acids is 2. The summed E-state index contributed by atoms with van der Waals surface area (Å²) in [6.07, 6.45) is 3.21. The molecule has 1 aliphatic heterocycles. The first-order valence-corrected chi connectivity index (χ1v) is 10.5. The smallest absolute Gasteiger partial charge is 0.232 e. The molecule has 1 heterocycles. The highest BCUT2D eigenvalue weighted by atomic mass is 16.5. The van der Waals surface area contributed by atoms with Crippen molar-refractivity contribution in [2.75, 3.05) is 11.5 Å². The summed E-state index contributed by atoms with van der Waals surface area (Å²) in [4.78, 5) is 28.3. The summed E-state index contributed by atoms with van der Waals surface area (Å²) < 4.78 is 5.83. The quantitative estimate of drug-likeness (QED) is 0.708. The average Bonchev–Trinajstić information content (AvgIpc) is 2.74. The summed E-state index contributed by atoms with van der Waals surface area (Å²) in [5.74, 6) is 0.739. The Morgan fingerprint density at radius 3 is 2.55 bits per heavy atom.